The Bertz CT molecular complexity index is 361. The van der Waals surface area contributed by atoms with E-state index in [0.717, 1.165) is 12.8 Å². The molecule has 0 aromatic heterocycles. The topological polar surface area (TPSA) is 70.1 Å². The highest BCUT2D eigenvalue weighted by Gasteiger charge is 2.50. The van der Waals surface area contributed by atoms with E-state index in [1.54, 1.807) is 19.1 Å². The molecule has 0 saturated carbocycles. The van der Waals surface area contributed by atoms with E-state index < -0.39 is 11.5 Å². The van der Waals surface area contributed by atoms with Crippen LogP contribution >= 0.6 is 0 Å². The van der Waals surface area contributed by atoms with Gasteiger partial charge in [-0.1, -0.05) is 13.3 Å². The van der Waals surface area contributed by atoms with Crippen LogP contribution in [0.4, 0.5) is 4.79 Å². The summed E-state index contributed by atoms with van der Waals surface area (Å²) in [6.07, 6.45) is 2.52. The van der Waals surface area contributed by atoms with Crippen LogP contribution in [0.2, 0.25) is 0 Å². The Labute approximate surface area is 120 Å². The number of hydrogen-bond donors (Lipinski definition) is 1. The summed E-state index contributed by atoms with van der Waals surface area (Å²) in [5.41, 5.74) is -1.03. The molecule has 6 heteroatoms. The highest BCUT2D eigenvalue weighted by atomic mass is 16.5. The number of rotatable bonds is 6. The Morgan fingerprint density at radius 1 is 1.50 bits per heavy atom. The summed E-state index contributed by atoms with van der Waals surface area (Å²) in [6.45, 7) is 4.78. The molecule has 0 bridgehead atoms. The van der Waals surface area contributed by atoms with Crippen LogP contribution in [0.15, 0.2) is 0 Å². The number of carboxylic acids is 1. The minimum atomic E-state index is -1.03. The number of carboxylic acid groups (broad SMARTS) is 1. The largest absolute Gasteiger partial charge is 0.479 e. The lowest BCUT2D eigenvalue weighted by Crippen LogP contribution is -2.57. The third kappa shape index (κ3) is 3.06. The van der Waals surface area contributed by atoms with Gasteiger partial charge in [-0.25, -0.2) is 9.59 Å². The van der Waals surface area contributed by atoms with Crippen molar-refractivity contribution in [3.63, 3.8) is 0 Å². The summed E-state index contributed by atoms with van der Waals surface area (Å²) in [5, 5.41) is 9.60. The zero-order valence-electron chi connectivity index (χ0n) is 12.9. The molecule has 1 fully saturated rings. The molecule has 1 rings (SSSR count). The summed E-state index contributed by atoms with van der Waals surface area (Å²) in [7, 11) is 3.28. The predicted octanol–water partition coefficient (Wildman–Crippen LogP) is 1.79. The van der Waals surface area contributed by atoms with E-state index in [0.29, 0.717) is 26.0 Å². The first-order chi connectivity index (χ1) is 9.40. The van der Waals surface area contributed by atoms with Crippen molar-refractivity contribution in [2.45, 2.75) is 51.1 Å². The van der Waals surface area contributed by atoms with Gasteiger partial charge in [0.1, 0.15) is 5.54 Å². The molecule has 2 amide bonds. The zero-order valence-corrected chi connectivity index (χ0v) is 12.9. The number of ether oxygens (including phenoxy) is 1. The number of urea groups is 1. The molecule has 1 N–H and O–H groups in total. The van der Waals surface area contributed by atoms with Gasteiger partial charge >= 0.3 is 12.0 Å². The van der Waals surface area contributed by atoms with Crippen molar-refractivity contribution in [1.82, 2.24) is 9.80 Å². The van der Waals surface area contributed by atoms with Crippen molar-refractivity contribution in [2.75, 3.05) is 27.3 Å². The number of aliphatic carboxylic acids is 1. The molecule has 20 heavy (non-hydrogen) atoms. The molecule has 1 saturated heterocycles. The number of carbonyl (C=O) groups is 2. The fourth-order valence-corrected chi connectivity index (χ4v) is 2.89. The first-order valence-corrected chi connectivity index (χ1v) is 7.17. The van der Waals surface area contributed by atoms with Gasteiger partial charge in [-0.3, -0.25) is 0 Å². The van der Waals surface area contributed by atoms with E-state index in [9.17, 15) is 14.7 Å². The van der Waals surface area contributed by atoms with Crippen LogP contribution in [0.1, 0.15) is 39.5 Å². The summed E-state index contributed by atoms with van der Waals surface area (Å²) >= 11 is 0. The molecule has 116 valence electrons. The Hall–Kier alpha value is -1.30. The molecule has 0 spiro atoms. The molecule has 6 nitrogen and oxygen atoms in total. The average molecular weight is 286 g/mol. The van der Waals surface area contributed by atoms with Crippen LogP contribution in [-0.4, -0.2) is 65.8 Å². The van der Waals surface area contributed by atoms with Gasteiger partial charge in [0.25, 0.3) is 0 Å². The van der Waals surface area contributed by atoms with E-state index in [1.807, 2.05) is 13.8 Å². The van der Waals surface area contributed by atoms with E-state index in [-0.39, 0.29) is 12.1 Å². The number of hydrogen-bond acceptors (Lipinski definition) is 3. The Kier molecular flexibility index (Phi) is 5.80. The minimum Gasteiger partial charge on any atom is -0.479 e. The van der Waals surface area contributed by atoms with E-state index in [2.05, 4.69) is 0 Å². The van der Waals surface area contributed by atoms with Gasteiger partial charge in [0.2, 0.25) is 0 Å². The predicted molar refractivity (Wildman–Crippen MR) is 75.7 cm³/mol. The molecule has 2 unspecified atom stereocenters. The summed E-state index contributed by atoms with van der Waals surface area (Å²) in [4.78, 5) is 27.4. The second kappa shape index (κ2) is 6.92. The maximum atomic E-state index is 12.6. The average Bonchev–Trinajstić information content (AvgIpc) is 2.82. The quantitative estimate of drug-likeness (QED) is 0.808. The van der Waals surface area contributed by atoms with Gasteiger partial charge in [0.05, 0.1) is 12.6 Å². The third-order valence-corrected chi connectivity index (χ3v) is 4.15. The highest BCUT2D eigenvalue weighted by Crippen LogP contribution is 2.35. The summed E-state index contributed by atoms with van der Waals surface area (Å²) in [6, 6.07) is -0.302. The van der Waals surface area contributed by atoms with Crippen molar-refractivity contribution in [2.24, 2.45) is 0 Å². The van der Waals surface area contributed by atoms with Gasteiger partial charge < -0.3 is 19.6 Å². The molecule has 0 aliphatic carbocycles. The highest BCUT2D eigenvalue weighted by molar-refractivity contribution is 5.87. The number of amides is 2. The SMILES string of the molecule is CCCC1(C(=O)O)CCCN1C(=O)N(C)C(C)COC. The molecule has 0 radical (unpaired) electrons. The van der Waals surface area contributed by atoms with Crippen molar-refractivity contribution in [3.05, 3.63) is 0 Å². The molecule has 1 aliphatic rings. The lowest BCUT2D eigenvalue weighted by Gasteiger charge is -2.38. The fourth-order valence-electron chi connectivity index (χ4n) is 2.89. The van der Waals surface area contributed by atoms with Crippen LogP contribution < -0.4 is 0 Å². The van der Waals surface area contributed by atoms with Crippen molar-refractivity contribution in [3.8, 4) is 0 Å². The molecule has 0 aromatic carbocycles. The summed E-state index contributed by atoms with van der Waals surface area (Å²) < 4.78 is 5.06. The smallest absolute Gasteiger partial charge is 0.329 e. The van der Waals surface area contributed by atoms with E-state index >= 15 is 0 Å². The fraction of sp³-hybridized carbons (Fsp3) is 0.857. The Morgan fingerprint density at radius 3 is 2.65 bits per heavy atom. The first kappa shape index (κ1) is 16.8. The standard InChI is InChI=1S/C14H26N2O4/c1-5-7-14(12(17)18)8-6-9-16(14)13(19)15(3)11(2)10-20-4/h11H,5-10H2,1-4H3,(H,17,18). The number of likely N-dealkylation sites (N-methyl/N-ethyl adjacent to an activating group) is 1. The van der Waals surface area contributed by atoms with Crippen LogP contribution in [0.5, 0.6) is 0 Å². The van der Waals surface area contributed by atoms with Crippen LogP contribution in [0, 0.1) is 0 Å². The zero-order chi connectivity index (χ0) is 15.3. The monoisotopic (exact) mass is 286 g/mol. The molecule has 1 heterocycles. The first-order valence-electron chi connectivity index (χ1n) is 7.17. The third-order valence-electron chi connectivity index (χ3n) is 4.15. The number of nitrogens with zero attached hydrogens (tertiary/aromatic N) is 2. The molecule has 1 aliphatic heterocycles. The lowest BCUT2D eigenvalue weighted by atomic mass is 9.91. The number of likely N-dealkylation sites (tertiary alicyclic amines) is 1. The van der Waals surface area contributed by atoms with Crippen LogP contribution in [-0.2, 0) is 9.53 Å². The maximum Gasteiger partial charge on any atom is 0.329 e. The second-order valence-corrected chi connectivity index (χ2v) is 5.54. The normalized spacial score (nSPS) is 23.7. The number of methoxy groups -OCH3 is 1. The van der Waals surface area contributed by atoms with Crippen LogP contribution in [0.3, 0.4) is 0 Å². The van der Waals surface area contributed by atoms with Gasteiger partial charge in [-0.15, -0.1) is 0 Å². The number of carbonyl (C=O) groups excluding carboxylic acids is 1. The van der Waals surface area contributed by atoms with Gasteiger partial charge in [-0.05, 0) is 26.2 Å². The van der Waals surface area contributed by atoms with Crippen molar-refractivity contribution in [1.29, 1.82) is 0 Å². The Balaban J connectivity index is 2.92. The molecular formula is C14H26N2O4. The molecule has 0 aromatic rings. The van der Waals surface area contributed by atoms with Gasteiger partial charge in [0, 0.05) is 20.7 Å². The lowest BCUT2D eigenvalue weighted by molar-refractivity contribution is -0.149. The molecular weight excluding hydrogens is 260 g/mol. The Morgan fingerprint density at radius 2 is 2.15 bits per heavy atom. The van der Waals surface area contributed by atoms with E-state index in [4.69, 9.17) is 4.74 Å². The van der Waals surface area contributed by atoms with Crippen molar-refractivity contribution < 1.29 is 19.4 Å². The molecule has 2 atom stereocenters. The van der Waals surface area contributed by atoms with Gasteiger partial charge in [0.15, 0.2) is 0 Å². The van der Waals surface area contributed by atoms with Crippen molar-refractivity contribution >= 4 is 12.0 Å². The van der Waals surface area contributed by atoms with E-state index in [1.165, 1.54) is 4.90 Å². The second-order valence-electron chi connectivity index (χ2n) is 5.54. The minimum absolute atomic E-state index is 0.0822. The summed E-state index contributed by atoms with van der Waals surface area (Å²) in [5.74, 6) is -0.891. The van der Waals surface area contributed by atoms with Gasteiger partial charge in [-0.2, -0.15) is 0 Å². The maximum absolute atomic E-state index is 12.6. The van der Waals surface area contributed by atoms with Crippen LogP contribution in [0.25, 0.3) is 0 Å².